The lowest BCUT2D eigenvalue weighted by Crippen LogP contribution is -2.04. The summed E-state index contributed by atoms with van der Waals surface area (Å²) in [5, 5.41) is 0. The molecule has 0 aliphatic heterocycles. The maximum atomic E-state index is 10.9. The van der Waals surface area contributed by atoms with Crippen molar-refractivity contribution >= 4 is 12.0 Å². The van der Waals surface area contributed by atoms with Crippen molar-refractivity contribution in [1.29, 1.82) is 0 Å². The van der Waals surface area contributed by atoms with Gasteiger partial charge in [0.25, 0.3) is 0 Å². The van der Waals surface area contributed by atoms with Crippen LogP contribution in [0.25, 0.3) is 6.08 Å². The summed E-state index contributed by atoms with van der Waals surface area (Å²) < 4.78 is 15.7. The molecule has 0 unspecified atom stereocenters. The number of ether oxygens (including phenoxy) is 3. The smallest absolute Gasteiger partial charge is 0.330 e. The molecule has 0 amide bonds. The summed E-state index contributed by atoms with van der Waals surface area (Å²) in [6, 6.07) is 17.5. The normalized spacial score (nSPS) is 10.3. The van der Waals surface area contributed by atoms with Gasteiger partial charge < -0.3 is 14.2 Å². The zero-order valence-corrected chi connectivity index (χ0v) is 13.4. The molecule has 0 fully saturated rings. The fourth-order valence-electron chi connectivity index (χ4n) is 1.91. The van der Waals surface area contributed by atoms with E-state index in [0.29, 0.717) is 13.0 Å². The van der Waals surface area contributed by atoms with E-state index >= 15 is 0 Å². The summed E-state index contributed by atoms with van der Waals surface area (Å²) in [5.41, 5.74) is 2.13. The van der Waals surface area contributed by atoms with E-state index in [1.54, 1.807) is 6.26 Å². The van der Waals surface area contributed by atoms with Gasteiger partial charge in [0, 0.05) is 12.5 Å². The third-order valence-corrected chi connectivity index (χ3v) is 3.17. The fraction of sp³-hybridized carbons (Fsp3) is 0.150. The molecular weight excluding hydrogens is 304 g/mol. The molecule has 0 N–H and O–H groups in total. The standard InChI is InChI=1S/C20H20O4/c1-2-20(21)23-15-13-18-8-10-19(11-9-18)24-16-22-14-12-17-6-4-3-5-7-17/h2-12,14H,1,13,15-16H2. The number of carbonyl (C=O) groups excluding carboxylic acids is 1. The molecule has 0 heterocycles. The van der Waals surface area contributed by atoms with Crippen LogP contribution in [0, 0.1) is 0 Å². The van der Waals surface area contributed by atoms with E-state index in [1.807, 2.05) is 60.7 Å². The Hall–Kier alpha value is -3.01. The molecule has 2 rings (SSSR count). The van der Waals surface area contributed by atoms with E-state index in [9.17, 15) is 4.79 Å². The molecule has 124 valence electrons. The first-order valence-electron chi connectivity index (χ1n) is 7.62. The highest BCUT2D eigenvalue weighted by Crippen LogP contribution is 2.13. The molecule has 0 radical (unpaired) electrons. The maximum absolute atomic E-state index is 10.9. The topological polar surface area (TPSA) is 44.8 Å². The van der Waals surface area contributed by atoms with Gasteiger partial charge in [-0.15, -0.1) is 0 Å². The van der Waals surface area contributed by atoms with Gasteiger partial charge in [-0.2, -0.15) is 0 Å². The highest BCUT2D eigenvalue weighted by molar-refractivity contribution is 5.81. The van der Waals surface area contributed by atoms with Crippen LogP contribution in [-0.2, 0) is 20.7 Å². The Morgan fingerprint density at radius 1 is 1.04 bits per heavy atom. The molecule has 4 nitrogen and oxygen atoms in total. The van der Waals surface area contributed by atoms with E-state index in [1.165, 1.54) is 0 Å². The van der Waals surface area contributed by atoms with Crippen molar-refractivity contribution in [3.63, 3.8) is 0 Å². The van der Waals surface area contributed by atoms with Crippen molar-refractivity contribution in [3.05, 3.63) is 84.6 Å². The largest absolute Gasteiger partial charge is 0.465 e. The zero-order valence-electron chi connectivity index (χ0n) is 13.4. The van der Waals surface area contributed by atoms with Gasteiger partial charge in [-0.1, -0.05) is 49.0 Å². The Bertz CT molecular complexity index is 660. The van der Waals surface area contributed by atoms with Gasteiger partial charge in [-0.25, -0.2) is 4.79 Å². The SMILES string of the molecule is C=CC(=O)OCCc1ccc(OCOC=Cc2ccccc2)cc1. The van der Waals surface area contributed by atoms with Crippen molar-refractivity contribution in [2.24, 2.45) is 0 Å². The van der Waals surface area contributed by atoms with Crippen molar-refractivity contribution in [3.8, 4) is 5.75 Å². The predicted molar refractivity (Wildman–Crippen MR) is 93.4 cm³/mol. The number of carbonyl (C=O) groups is 1. The molecule has 24 heavy (non-hydrogen) atoms. The minimum atomic E-state index is -0.407. The molecule has 2 aromatic rings. The average molecular weight is 324 g/mol. The van der Waals surface area contributed by atoms with Gasteiger partial charge in [-0.05, 0) is 29.3 Å². The van der Waals surface area contributed by atoms with Gasteiger partial charge >= 0.3 is 5.97 Å². The number of hydrogen-bond donors (Lipinski definition) is 0. The van der Waals surface area contributed by atoms with Crippen molar-refractivity contribution < 1.29 is 19.0 Å². The van der Waals surface area contributed by atoms with Crippen molar-refractivity contribution in [2.75, 3.05) is 13.4 Å². The molecule has 0 spiro atoms. The van der Waals surface area contributed by atoms with Gasteiger partial charge in [0.2, 0.25) is 6.79 Å². The summed E-state index contributed by atoms with van der Waals surface area (Å²) in [6.45, 7) is 3.82. The van der Waals surface area contributed by atoms with Crippen LogP contribution in [0.4, 0.5) is 0 Å². The van der Waals surface area contributed by atoms with E-state index in [-0.39, 0.29) is 6.79 Å². The van der Waals surface area contributed by atoms with Crippen LogP contribution >= 0.6 is 0 Å². The van der Waals surface area contributed by atoms with E-state index in [4.69, 9.17) is 14.2 Å². The van der Waals surface area contributed by atoms with Gasteiger partial charge in [0.15, 0.2) is 0 Å². The highest BCUT2D eigenvalue weighted by Gasteiger charge is 1.98. The Kier molecular flexibility index (Phi) is 7.15. The zero-order chi connectivity index (χ0) is 17.0. The van der Waals surface area contributed by atoms with Crippen LogP contribution in [0.1, 0.15) is 11.1 Å². The molecule has 2 aromatic carbocycles. The minimum Gasteiger partial charge on any atom is -0.465 e. The Labute approximate surface area is 142 Å². The molecule has 0 saturated heterocycles. The molecule has 0 aromatic heterocycles. The average Bonchev–Trinajstić information content (AvgIpc) is 2.63. The summed E-state index contributed by atoms with van der Waals surface area (Å²) in [7, 11) is 0. The molecule has 0 saturated carbocycles. The summed E-state index contributed by atoms with van der Waals surface area (Å²) >= 11 is 0. The quantitative estimate of drug-likeness (QED) is 0.230. The predicted octanol–water partition coefficient (Wildman–Crippen LogP) is 3.98. The molecule has 0 atom stereocenters. The number of hydrogen-bond acceptors (Lipinski definition) is 4. The van der Waals surface area contributed by atoms with Gasteiger partial charge in [0.1, 0.15) is 5.75 Å². The van der Waals surface area contributed by atoms with Gasteiger partial charge in [-0.3, -0.25) is 0 Å². The van der Waals surface area contributed by atoms with Crippen LogP contribution < -0.4 is 4.74 Å². The monoisotopic (exact) mass is 324 g/mol. The van der Waals surface area contributed by atoms with E-state index < -0.39 is 5.97 Å². The summed E-state index contributed by atoms with van der Waals surface area (Å²) in [6.07, 6.45) is 5.29. The van der Waals surface area contributed by atoms with E-state index in [0.717, 1.165) is 23.0 Å². The minimum absolute atomic E-state index is 0.139. The van der Waals surface area contributed by atoms with Crippen LogP contribution in [0.15, 0.2) is 73.5 Å². The highest BCUT2D eigenvalue weighted by atomic mass is 16.7. The Morgan fingerprint density at radius 2 is 1.79 bits per heavy atom. The van der Waals surface area contributed by atoms with Crippen LogP contribution in [0.3, 0.4) is 0 Å². The molecule has 4 heteroatoms. The van der Waals surface area contributed by atoms with E-state index in [2.05, 4.69) is 6.58 Å². The second-order valence-corrected chi connectivity index (χ2v) is 4.91. The first-order valence-corrected chi connectivity index (χ1v) is 7.62. The first kappa shape index (κ1) is 17.3. The Morgan fingerprint density at radius 3 is 2.50 bits per heavy atom. The summed E-state index contributed by atoms with van der Waals surface area (Å²) in [5.74, 6) is 0.311. The van der Waals surface area contributed by atoms with Gasteiger partial charge in [0.05, 0.1) is 12.9 Å². The van der Waals surface area contributed by atoms with Crippen molar-refractivity contribution in [2.45, 2.75) is 6.42 Å². The lowest BCUT2D eigenvalue weighted by molar-refractivity contribution is -0.137. The lowest BCUT2D eigenvalue weighted by atomic mass is 10.1. The third kappa shape index (κ3) is 6.40. The fourth-order valence-corrected chi connectivity index (χ4v) is 1.91. The van der Waals surface area contributed by atoms with Crippen LogP contribution in [0.5, 0.6) is 5.75 Å². The molecule has 0 aliphatic carbocycles. The molecular formula is C20H20O4. The number of rotatable bonds is 9. The van der Waals surface area contributed by atoms with Crippen LogP contribution in [0.2, 0.25) is 0 Å². The second kappa shape index (κ2) is 9.90. The molecule has 0 aliphatic rings. The number of esters is 1. The second-order valence-electron chi connectivity index (χ2n) is 4.91. The summed E-state index contributed by atoms with van der Waals surface area (Å²) in [4.78, 5) is 10.9. The lowest BCUT2D eigenvalue weighted by Gasteiger charge is -2.07. The van der Waals surface area contributed by atoms with Crippen LogP contribution in [-0.4, -0.2) is 19.4 Å². The first-order chi connectivity index (χ1) is 11.8. The molecule has 0 bridgehead atoms. The third-order valence-electron chi connectivity index (χ3n) is 3.17. The maximum Gasteiger partial charge on any atom is 0.330 e. The Balaban J connectivity index is 1.67. The number of benzene rings is 2. The van der Waals surface area contributed by atoms with Crippen molar-refractivity contribution in [1.82, 2.24) is 0 Å².